The summed E-state index contributed by atoms with van der Waals surface area (Å²) in [5, 5.41) is 3.36. The van der Waals surface area contributed by atoms with E-state index in [1.807, 2.05) is 23.1 Å². The zero-order chi connectivity index (χ0) is 21.3. The van der Waals surface area contributed by atoms with Crippen LogP contribution in [0.2, 0.25) is 0 Å². The van der Waals surface area contributed by atoms with Gasteiger partial charge >= 0.3 is 0 Å². The molecule has 3 rings (SSSR count). The summed E-state index contributed by atoms with van der Waals surface area (Å²) in [5.74, 6) is 2.65. The highest BCUT2D eigenvalue weighted by Gasteiger charge is 2.25. The summed E-state index contributed by atoms with van der Waals surface area (Å²) in [6.07, 6.45) is 2.32. The van der Waals surface area contributed by atoms with E-state index in [2.05, 4.69) is 17.1 Å². The van der Waals surface area contributed by atoms with Crippen molar-refractivity contribution in [2.24, 2.45) is 4.99 Å². The lowest BCUT2D eigenvalue weighted by atomic mass is 10.1. The van der Waals surface area contributed by atoms with Crippen molar-refractivity contribution in [2.45, 2.75) is 13.3 Å². The van der Waals surface area contributed by atoms with Gasteiger partial charge in [0.2, 0.25) is 0 Å². The minimum absolute atomic E-state index is 0.0601. The fourth-order valence-corrected chi connectivity index (χ4v) is 3.43. The van der Waals surface area contributed by atoms with Gasteiger partial charge in [0.05, 0.1) is 20.5 Å². The number of hydrogen-bond donors (Lipinski definition) is 1. The van der Waals surface area contributed by atoms with E-state index < -0.39 is 0 Å². The van der Waals surface area contributed by atoms with E-state index in [1.54, 1.807) is 26.4 Å². The second-order valence-electron chi connectivity index (χ2n) is 6.93. The van der Waals surface area contributed by atoms with Crippen LogP contribution in [0.3, 0.4) is 0 Å². The third kappa shape index (κ3) is 5.25. The zero-order valence-electron chi connectivity index (χ0n) is 17.9. The molecule has 0 spiro atoms. The molecule has 30 heavy (non-hydrogen) atoms. The number of ether oxygens (including phenoxy) is 2. The normalized spacial score (nSPS) is 14.6. The molecule has 0 radical (unpaired) electrons. The van der Waals surface area contributed by atoms with E-state index in [0.717, 1.165) is 49.1 Å². The van der Waals surface area contributed by atoms with E-state index in [9.17, 15) is 4.79 Å². The molecule has 8 heteroatoms. The highest BCUT2D eigenvalue weighted by Crippen LogP contribution is 2.27. The Kier molecular flexibility index (Phi) is 7.59. The molecule has 1 saturated heterocycles. The van der Waals surface area contributed by atoms with Crippen LogP contribution in [-0.2, 0) is 6.42 Å². The Bertz CT molecular complexity index is 843. The van der Waals surface area contributed by atoms with Crippen molar-refractivity contribution < 1.29 is 18.7 Å². The zero-order valence-corrected chi connectivity index (χ0v) is 17.9. The van der Waals surface area contributed by atoms with Crippen LogP contribution in [0.15, 0.2) is 46.0 Å². The first kappa shape index (κ1) is 21.5. The summed E-state index contributed by atoms with van der Waals surface area (Å²) >= 11 is 0. The number of carbonyl (C=O) groups excluding carboxylic acids is 1. The molecule has 0 unspecified atom stereocenters. The second-order valence-corrected chi connectivity index (χ2v) is 6.93. The Morgan fingerprint density at radius 2 is 1.83 bits per heavy atom. The molecule has 1 aliphatic heterocycles. The van der Waals surface area contributed by atoms with Gasteiger partial charge in [-0.15, -0.1) is 0 Å². The van der Waals surface area contributed by atoms with Crippen molar-refractivity contribution in [3.63, 3.8) is 0 Å². The predicted molar refractivity (Wildman–Crippen MR) is 115 cm³/mol. The number of amides is 1. The van der Waals surface area contributed by atoms with Gasteiger partial charge in [0.15, 0.2) is 23.2 Å². The van der Waals surface area contributed by atoms with Crippen molar-refractivity contribution in [3.8, 4) is 11.5 Å². The second kappa shape index (κ2) is 10.6. The molecular formula is C22H30N4O4. The van der Waals surface area contributed by atoms with Crippen molar-refractivity contribution in [1.82, 2.24) is 15.1 Å². The summed E-state index contributed by atoms with van der Waals surface area (Å²) < 4.78 is 15.9. The van der Waals surface area contributed by atoms with Gasteiger partial charge in [-0.1, -0.05) is 6.07 Å². The molecule has 8 nitrogen and oxygen atoms in total. The van der Waals surface area contributed by atoms with Crippen LogP contribution in [0.5, 0.6) is 11.5 Å². The Labute approximate surface area is 177 Å². The van der Waals surface area contributed by atoms with E-state index in [-0.39, 0.29) is 5.91 Å². The van der Waals surface area contributed by atoms with Gasteiger partial charge in [-0.05, 0) is 43.2 Å². The maximum Gasteiger partial charge on any atom is 0.289 e. The number of benzene rings is 1. The minimum atomic E-state index is -0.0601. The van der Waals surface area contributed by atoms with Crippen LogP contribution in [0.1, 0.15) is 23.0 Å². The average Bonchev–Trinajstić information content (AvgIpc) is 3.33. The number of piperazine rings is 1. The van der Waals surface area contributed by atoms with Crippen molar-refractivity contribution >= 4 is 11.9 Å². The number of guanidine groups is 1. The van der Waals surface area contributed by atoms with Gasteiger partial charge in [-0.2, -0.15) is 0 Å². The molecule has 1 aromatic heterocycles. The third-order valence-corrected chi connectivity index (χ3v) is 5.04. The van der Waals surface area contributed by atoms with Crippen molar-refractivity contribution in [3.05, 3.63) is 47.9 Å². The fourth-order valence-electron chi connectivity index (χ4n) is 3.43. The Morgan fingerprint density at radius 3 is 2.47 bits per heavy atom. The van der Waals surface area contributed by atoms with E-state index in [4.69, 9.17) is 18.9 Å². The third-order valence-electron chi connectivity index (χ3n) is 5.04. The number of nitrogens with one attached hydrogen (secondary N) is 1. The maximum absolute atomic E-state index is 12.4. The number of hydrogen-bond acceptors (Lipinski definition) is 5. The molecule has 0 aliphatic carbocycles. The molecule has 1 fully saturated rings. The van der Waals surface area contributed by atoms with Crippen molar-refractivity contribution in [1.29, 1.82) is 0 Å². The fraction of sp³-hybridized carbons (Fsp3) is 0.455. The van der Waals surface area contributed by atoms with Gasteiger partial charge in [0.25, 0.3) is 5.91 Å². The highest BCUT2D eigenvalue weighted by atomic mass is 16.5. The number of aliphatic imine (C=N–C) groups is 1. The lowest BCUT2D eigenvalue weighted by Crippen LogP contribution is -2.53. The molecule has 1 aliphatic rings. The first-order chi connectivity index (χ1) is 14.7. The molecule has 1 amide bonds. The quantitative estimate of drug-likeness (QED) is 0.553. The summed E-state index contributed by atoms with van der Waals surface area (Å²) in [7, 11) is 3.27. The number of furan rings is 1. The molecule has 1 N–H and O–H groups in total. The molecule has 162 valence electrons. The minimum Gasteiger partial charge on any atom is -0.493 e. The van der Waals surface area contributed by atoms with Gasteiger partial charge in [-0.25, -0.2) is 0 Å². The Hall–Kier alpha value is -3.16. The number of methoxy groups -OCH3 is 2. The lowest BCUT2D eigenvalue weighted by Gasteiger charge is -2.36. The molecule has 2 heterocycles. The van der Waals surface area contributed by atoms with Crippen LogP contribution in [0, 0.1) is 0 Å². The van der Waals surface area contributed by atoms with E-state index in [0.29, 0.717) is 25.4 Å². The van der Waals surface area contributed by atoms with Gasteiger partial charge in [-0.3, -0.25) is 9.79 Å². The summed E-state index contributed by atoms with van der Waals surface area (Å²) in [4.78, 5) is 21.2. The van der Waals surface area contributed by atoms with Gasteiger partial charge in [0.1, 0.15) is 0 Å². The van der Waals surface area contributed by atoms with Crippen LogP contribution in [0.25, 0.3) is 0 Å². The topological polar surface area (TPSA) is 79.5 Å². The molecule has 0 bridgehead atoms. The van der Waals surface area contributed by atoms with E-state index >= 15 is 0 Å². The summed E-state index contributed by atoms with van der Waals surface area (Å²) in [6, 6.07) is 9.37. The SMILES string of the molecule is CCNC(=NCCc1ccc(OC)c(OC)c1)N1CCN(C(=O)c2ccco2)CC1. The average molecular weight is 415 g/mol. The maximum atomic E-state index is 12.4. The largest absolute Gasteiger partial charge is 0.493 e. The van der Waals surface area contributed by atoms with Gasteiger partial charge in [0, 0.05) is 39.3 Å². The number of carbonyl (C=O) groups is 1. The first-order valence-corrected chi connectivity index (χ1v) is 10.2. The Balaban J connectivity index is 1.56. The lowest BCUT2D eigenvalue weighted by molar-refractivity contribution is 0.0657. The van der Waals surface area contributed by atoms with Crippen LogP contribution in [0.4, 0.5) is 0 Å². The number of nitrogens with zero attached hydrogens (tertiary/aromatic N) is 3. The van der Waals surface area contributed by atoms with Crippen LogP contribution in [-0.4, -0.2) is 75.2 Å². The first-order valence-electron chi connectivity index (χ1n) is 10.2. The Morgan fingerprint density at radius 1 is 1.10 bits per heavy atom. The molecule has 0 saturated carbocycles. The molecule has 1 aromatic carbocycles. The molecule has 0 atom stereocenters. The van der Waals surface area contributed by atoms with Crippen molar-refractivity contribution in [2.75, 3.05) is 53.5 Å². The van der Waals surface area contributed by atoms with E-state index in [1.165, 1.54) is 6.26 Å². The summed E-state index contributed by atoms with van der Waals surface area (Å²) in [6.45, 7) is 6.24. The summed E-state index contributed by atoms with van der Waals surface area (Å²) in [5.41, 5.74) is 1.14. The monoisotopic (exact) mass is 414 g/mol. The smallest absolute Gasteiger partial charge is 0.289 e. The van der Waals surface area contributed by atoms with Crippen LogP contribution < -0.4 is 14.8 Å². The number of rotatable bonds is 7. The molecule has 2 aromatic rings. The van der Waals surface area contributed by atoms with Gasteiger partial charge < -0.3 is 29.0 Å². The molecular weight excluding hydrogens is 384 g/mol. The predicted octanol–water partition coefficient (Wildman–Crippen LogP) is 2.26. The highest BCUT2D eigenvalue weighted by molar-refractivity contribution is 5.91. The van der Waals surface area contributed by atoms with Crippen LogP contribution >= 0.6 is 0 Å². The standard InChI is InChI=1S/C22H30N4O4/c1-4-23-22(24-10-9-17-7-8-18(28-2)20(16-17)29-3)26-13-11-25(12-14-26)21(27)19-6-5-15-30-19/h5-8,15-16H,4,9-14H2,1-3H3,(H,23,24).